The van der Waals surface area contributed by atoms with Gasteiger partial charge in [-0.25, -0.2) is 4.79 Å². The largest absolute Gasteiger partial charge is 0.395 e. The van der Waals surface area contributed by atoms with E-state index in [9.17, 15) is 9.90 Å². The Kier molecular flexibility index (Phi) is 4.63. The van der Waals surface area contributed by atoms with Crippen LogP contribution in [0.15, 0.2) is 24.3 Å². The minimum Gasteiger partial charge on any atom is -0.395 e. The summed E-state index contributed by atoms with van der Waals surface area (Å²) in [5.41, 5.74) is 0.678. The van der Waals surface area contributed by atoms with Gasteiger partial charge in [-0.1, -0.05) is 17.7 Å². The van der Waals surface area contributed by atoms with Crippen molar-refractivity contribution in [2.75, 3.05) is 38.6 Å². The van der Waals surface area contributed by atoms with Crippen molar-refractivity contribution in [2.45, 2.75) is 6.04 Å². The Labute approximate surface area is 117 Å². The quantitative estimate of drug-likeness (QED) is 0.864. The van der Waals surface area contributed by atoms with E-state index in [0.29, 0.717) is 23.8 Å². The first-order valence-corrected chi connectivity index (χ1v) is 6.60. The highest BCUT2D eigenvalue weighted by Crippen LogP contribution is 2.16. The molecule has 1 unspecified atom stereocenters. The van der Waals surface area contributed by atoms with E-state index in [-0.39, 0.29) is 18.7 Å². The number of aliphatic hydroxyl groups is 1. The molecule has 104 valence electrons. The zero-order valence-corrected chi connectivity index (χ0v) is 11.6. The average molecular weight is 284 g/mol. The van der Waals surface area contributed by atoms with Gasteiger partial charge in [-0.2, -0.15) is 0 Å². The number of nitrogens with zero attached hydrogens (tertiary/aromatic N) is 2. The van der Waals surface area contributed by atoms with Crippen LogP contribution in [0, 0.1) is 0 Å². The predicted molar refractivity (Wildman–Crippen MR) is 75.5 cm³/mol. The number of benzene rings is 1. The van der Waals surface area contributed by atoms with Crippen LogP contribution < -0.4 is 5.32 Å². The second-order valence-corrected chi connectivity index (χ2v) is 5.14. The summed E-state index contributed by atoms with van der Waals surface area (Å²) in [6, 6.07) is 6.89. The minimum atomic E-state index is -0.159. The van der Waals surface area contributed by atoms with Crippen LogP contribution in [0.1, 0.15) is 0 Å². The summed E-state index contributed by atoms with van der Waals surface area (Å²) < 4.78 is 0. The summed E-state index contributed by atoms with van der Waals surface area (Å²) >= 11 is 5.87. The standard InChI is InChI=1S/C13H18ClN3O2/c1-16-5-6-17(8-12(16)9-18)13(19)15-11-4-2-3-10(14)7-11/h2-4,7,12,18H,5-6,8-9H2,1H3,(H,15,19). The molecule has 0 saturated carbocycles. The van der Waals surface area contributed by atoms with Gasteiger partial charge in [-0.05, 0) is 25.2 Å². The zero-order valence-electron chi connectivity index (χ0n) is 10.8. The van der Waals surface area contributed by atoms with Crippen molar-refractivity contribution in [3.8, 4) is 0 Å². The van der Waals surface area contributed by atoms with E-state index in [1.807, 2.05) is 7.05 Å². The van der Waals surface area contributed by atoms with Crippen LogP contribution in [-0.4, -0.2) is 60.3 Å². The molecular weight excluding hydrogens is 266 g/mol. The highest BCUT2D eigenvalue weighted by atomic mass is 35.5. The van der Waals surface area contributed by atoms with Gasteiger partial charge in [0.15, 0.2) is 0 Å². The number of piperazine rings is 1. The first kappa shape index (κ1) is 14.1. The van der Waals surface area contributed by atoms with Crippen LogP contribution in [0.5, 0.6) is 0 Å². The number of carbonyl (C=O) groups is 1. The summed E-state index contributed by atoms with van der Waals surface area (Å²) in [7, 11) is 1.95. The normalized spacial score (nSPS) is 20.4. The fourth-order valence-corrected chi connectivity index (χ4v) is 2.29. The molecule has 2 N–H and O–H groups in total. The van der Waals surface area contributed by atoms with Crippen molar-refractivity contribution in [3.63, 3.8) is 0 Å². The van der Waals surface area contributed by atoms with Crippen molar-refractivity contribution in [2.24, 2.45) is 0 Å². The van der Waals surface area contributed by atoms with Crippen molar-refractivity contribution < 1.29 is 9.90 Å². The topological polar surface area (TPSA) is 55.8 Å². The van der Waals surface area contributed by atoms with Crippen LogP contribution in [0.2, 0.25) is 5.02 Å². The van der Waals surface area contributed by atoms with E-state index in [1.54, 1.807) is 29.2 Å². The maximum absolute atomic E-state index is 12.1. The fourth-order valence-electron chi connectivity index (χ4n) is 2.10. The van der Waals surface area contributed by atoms with Crippen LogP contribution in [-0.2, 0) is 0 Å². The number of amides is 2. The predicted octanol–water partition coefficient (Wildman–Crippen LogP) is 1.48. The molecule has 2 amide bonds. The molecule has 1 heterocycles. The molecule has 1 aromatic carbocycles. The summed E-state index contributed by atoms with van der Waals surface area (Å²) in [4.78, 5) is 15.9. The van der Waals surface area contributed by atoms with Gasteiger partial charge in [-0.15, -0.1) is 0 Å². The number of halogens is 1. The molecule has 0 aliphatic carbocycles. The molecule has 0 bridgehead atoms. The fraction of sp³-hybridized carbons (Fsp3) is 0.462. The molecule has 1 atom stereocenters. The lowest BCUT2D eigenvalue weighted by Gasteiger charge is -2.38. The van der Waals surface area contributed by atoms with Crippen LogP contribution in [0.3, 0.4) is 0 Å². The summed E-state index contributed by atoms with van der Waals surface area (Å²) in [6.07, 6.45) is 0. The van der Waals surface area contributed by atoms with Gasteiger partial charge < -0.3 is 15.3 Å². The first-order chi connectivity index (χ1) is 9.10. The lowest BCUT2D eigenvalue weighted by Crippen LogP contribution is -2.55. The van der Waals surface area contributed by atoms with Crippen LogP contribution >= 0.6 is 11.6 Å². The molecule has 19 heavy (non-hydrogen) atoms. The number of aliphatic hydroxyl groups excluding tert-OH is 1. The molecule has 1 fully saturated rings. The van der Waals surface area contributed by atoms with E-state index < -0.39 is 0 Å². The maximum atomic E-state index is 12.1. The van der Waals surface area contributed by atoms with E-state index >= 15 is 0 Å². The van der Waals surface area contributed by atoms with E-state index in [1.165, 1.54) is 0 Å². The van der Waals surface area contributed by atoms with Crippen LogP contribution in [0.4, 0.5) is 10.5 Å². The molecule has 1 aliphatic heterocycles. The average Bonchev–Trinajstić information content (AvgIpc) is 2.39. The monoisotopic (exact) mass is 283 g/mol. The SMILES string of the molecule is CN1CCN(C(=O)Nc2cccc(Cl)c2)CC1CO. The minimum absolute atomic E-state index is 0.00105. The van der Waals surface area contributed by atoms with Crippen molar-refractivity contribution >= 4 is 23.3 Å². The number of likely N-dealkylation sites (N-methyl/N-ethyl adjacent to an activating group) is 1. The van der Waals surface area contributed by atoms with Gasteiger partial charge in [0.2, 0.25) is 0 Å². The lowest BCUT2D eigenvalue weighted by atomic mass is 10.2. The number of carbonyl (C=O) groups excluding carboxylic acids is 1. The Morgan fingerprint density at radius 1 is 1.53 bits per heavy atom. The number of hydrogen-bond donors (Lipinski definition) is 2. The maximum Gasteiger partial charge on any atom is 0.321 e. The molecule has 0 radical (unpaired) electrons. The first-order valence-electron chi connectivity index (χ1n) is 6.22. The van der Waals surface area contributed by atoms with Crippen molar-refractivity contribution in [3.05, 3.63) is 29.3 Å². The van der Waals surface area contributed by atoms with Gasteiger partial charge in [0.05, 0.1) is 12.6 Å². The Bertz CT molecular complexity index is 455. The molecule has 5 nitrogen and oxygen atoms in total. The molecule has 1 aromatic rings. The number of nitrogens with one attached hydrogen (secondary N) is 1. The number of rotatable bonds is 2. The Hall–Kier alpha value is -1.30. The Morgan fingerprint density at radius 3 is 3.00 bits per heavy atom. The van der Waals surface area contributed by atoms with Crippen molar-refractivity contribution in [1.82, 2.24) is 9.80 Å². The third-order valence-corrected chi connectivity index (χ3v) is 3.59. The van der Waals surface area contributed by atoms with Gasteiger partial charge >= 0.3 is 6.03 Å². The Balaban J connectivity index is 1.97. The summed E-state index contributed by atoms with van der Waals surface area (Å²) in [6.45, 7) is 1.99. The Morgan fingerprint density at radius 2 is 2.32 bits per heavy atom. The highest BCUT2D eigenvalue weighted by Gasteiger charge is 2.26. The second kappa shape index (κ2) is 6.23. The van der Waals surface area contributed by atoms with Gasteiger partial charge in [0, 0.05) is 30.3 Å². The van der Waals surface area contributed by atoms with E-state index in [4.69, 9.17) is 11.6 Å². The lowest BCUT2D eigenvalue weighted by molar-refractivity contribution is 0.0754. The van der Waals surface area contributed by atoms with Crippen molar-refractivity contribution in [1.29, 1.82) is 0 Å². The molecule has 0 aromatic heterocycles. The molecule has 1 aliphatic rings. The molecule has 1 saturated heterocycles. The molecule has 2 rings (SSSR count). The number of hydrogen-bond acceptors (Lipinski definition) is 3. The van der Waals surface area contributed by atoms with Gasteiger partial charge in [0.1, 0.15) is 0 Å². The van der Waals surface area contributed by atoms with Gasteiger partial charge in [0.25, 0.3) is 0 Å². The van der Waals surface area contributed by atoms with E-state index in [2.05, 4.69) is 10.2 Å². The van der Waals surface area contributed by atoms with Crippen LogP contribution in [0.25, 0.3) is 0 Å². The molecule has 6 heteroatoms. The summed E-state index contributed by atoms with van der Waals surface area (Å²) in [5.74, 6) is 0. The number of urea groups is 1. The smallest absolute Gasteiger partial charge is 0.321 e. The number of anilines is 1. The highest BCUT2D eigenvalue weighted by molar-refractivity contribution is 6.30. The third kappa shape index (κ3) is 3.59. The van der Waals surface area contributed by atoms with Gasteiger partial charge in [-0.3, -0.25) is 4.90 Å². The zero-order chi connectivity index (χ0) is 13.8. The molecule has 0 spiro atoms. The third-order valence-electron chi connectivity index (χ3n) is 3.35. The second-order valence-electron chi connectivity index (χ2n) is 4.70. The van der Waals surface area contributed by atoms with E-state index in [0.717, 1.165) is 6.54 Å². The summed E-state index contributed by atoms with van der Waals surface area (Å²) in [5, 5.41) is 12.7. The molecular formula is C13H18ClN3O2.